The molecule has 2 aromatic heterocycles. The van der Waals surface area contributed by atoms with Gasteiger partial charge in [0.05, 0.1) is 37.2 Å². The first-order valence-electron chi connectivity index (χ1n) is 10.8. The summed E-state index contributed by atoms with van der Waals surface area (Å²) < 4.78 is 11.4. The number of hydrogen-bond donors (Lipinski definition) is 0. The highest BCUT2D eigenvalue weighted by Crippen LogP contribution is 2.32. The predicted molar refractivity (Wildman–Crippen MR) is 124 cm³/mol. The molecule has 0 unspecified atom stereocenters. The van der Waals surface area contributed by atoms with Crippen LogP contribution in [0.2, 0.25) is 0 Å². The highest BCUT2D eigenvalue weighted by atomic mass is 16.5. The summed E-state index contributed by atoms with van der Waals surface area (Å²) in [6, 6.07) is 7.73. The molecule has 1 aliphatic rings. The second-order valence-corrected chi connectivity index (χ2v) is 8.12. The number of aryl methyl sites for hydroxylation is 2. The van der Waals surface area contributed by atoms with Gasteiger partial charge in [0.15, 0.2) is 0 Å². The minimum Gasteiger partial charge on any atom is -0.497 e. The number of aromatic nitrogens is 4. The molecule has 33 heavy (non-hydrogen) atoms. The number of carbonyl (C=O) groups is 1. The van der Waals surface area contributed by atoms with Crippen molar-refractivity contribution in [1.82, 2.24) is 24.8 Å². The zero-order valence-corrected chi connectivity index (χ0v) is 19.6. The van der Waals surface area contributed by atoms with E-state index < -0.39 is 6.10 Å². The Morgan fingerprint density at radius 1 is 1.12 bits per heavy atom. The third kappa shape index (κ3) is 4.78. The lowest BCUT2D eigenvalue weighted by atomic mass is 10.0. The van der Waals surface area contributed by atoms with Gasteiger partial charge in [0.2, 0.25) is 5.95 Å². The Labute approximate surface area is 193 Å². The van der Waals surface area contributed by atoms with E-state index in [4.69, 9.17) is 14.5 Å². The fourth-order valence-electron chi connectivity index (χ4n) is 3.80. The summed E-state index contributed by atoms with van der Waals surface area (Å²) >= 11 is 0. The van der Waals surface area contributed by atoms with Crippen molar-refractivity contribution in [3.8, 4) is 16.9 Å². The molecule has 9 nitrogen and oxygen atoms in total. The summed E-state index contributed by atoms with van der Waals surface area (Å²) in [5.41, 5.74) is 3.73. The molecule has 9 heteroatoms. The molecular formula is C24H28N6O3. The average Bonchev–Trinajstić information content (AvgIpc) is 2.83. The summed E-state index contributed by atoms with van der Waals surface area (Å²) in [6.07, 6.45) is 3.01. The van der Waals surface area contributed by atoms with E-state index in [9.17, 15) is 4.79 Å². The lowest BCUT2D eigenvalue weighted by Crippen LogP contribution is -2.43. The molecule has 1 aliphatic heterocycles. The monoisotopic (exact) mass is 448 g/mol. The number of hydrogen-bond acceptors (Lipinski definition) is 8. The zero-order valence-electron chi connectivity index (χ0n) is 19.6. The van der Waals surface area contributed by atoms with E-state index >= 15 is 0 Å². The molecule has 172 valence electrons. The van der Waals surface area contributed by atoms with Gasteiger partial charge in [-0.05, 0) is 31.5 Å². The summed E-state index contributed by atoms with van der Waals surface area (Å²) in [5.74, 6) is 1.89. The second-order valence-electron chi connectivity index (χ2n) is 8.12. The van der Waals surface area contributed by atoms with E-state index in [1.165, 1.54) is 0 Å². The van der Waals surface area contributed by atoms with E-state index in [0.717, 1.165) is 22.6 Å². The van der Waals surface area contributed by atoms with Crippen LogP contribution in [0.25, 0.3) is 11.1 Å². The first-order valence-corrected chi connectivity index (χ1v) is 10.8. The van der Waals surface area contributed by atoms with Crippen LogP contribution in [-0.4, -0.2) is 71.6 Å². The summed E-state index contributed by atoms with van der Waals surface area (Å²) in [7, 11) is 5.42. The number of nitrogens with zero attached hydrogens (tertiary/aromatic N) is 6. The SMILES string of the molecule is COc1ccc(-c2cnc(N(C)C)nc2[C@@H]2CN(C(=O)c3cnc(C)nc3C)CCO2)cc1. The van der Waals surface area contributed by atoms with Crippen LogP contribution >= 0.6 is 0 Å². The number of methoxy groups -OCH3 is 1. The first-order chi connectivity index (χ1) is 15.9. The highest BCUT2D eigenvalue weighted by molar-refractivity contribution is 5.95. The Hall–Kier alpha value is -3.59. The Balaban J connectivity index is 1.67. The molecule has 3 aromatic rings. The topological polar surface area (TPSA) is 93.6 Å². The van der Waals surface area contributed by atoms with Gasteiger partial charge in [-0.2, -0.15) is 0 Å². The molecule has 1 amide bonds. The maximum absolute atomic E-state index is 13.2. The quantitative estimate of drug-likeness (QED) is 0.588. The zero-order chi connectivity index (χ0) is 23.5. The lowest BCUT2D eigenvalue weighted by molar-refractivity contribution is -0.0245. The van der Waals surface area contributed by atoms with Gasteiger partial charge >= 0.3 is 0 Å². The minimum absolute atomic E-state index is 0.103. The van der Waals surface area contributed by atoms with Gasteiger partial charge in [-0.3, -0.25) is 4.79 Å². The van der Waals surface area contributed by atoms with Crippen LogP contribution in [0.4, 0.5) is 5.95 Å². The third-order valence-corrected chi connectivity index (χ3v) is 5.60. The second kappa shape index (κ2) is 9.50. The van der Waals surface area contributed by atoms with E-state index in [2.05, 4.69) is 15.0 Å². The third-order valence-electron chi connectivity index (χ3n) is 5.60. The Bertz CT molecular complexity index is 1150. The largest absolute Gasteiger partial charge is 0.497 e. The van der Waals surface area contributed by atoms with Gasteiger partial charge in [-0.1, -0.05) is 12.1 Å². The molecule has 0 spiro atoms. The maximum atomic E-state index is 13.2. The Morgan fingerprint density at radius 2 is 1.88 bits per heavy atom. The van der Waals surface area contributed by atoms with Crippen LogP contribution in [0.15, 0.2) is 36.7 Å². The molecule has 0 aliphatic carbocycles. The fourth-order valence-corrected chi connectivity index (χ4v) is 3.80. The van der Waals surface area contributed by atoms with Crippen molar-refractivity contribution >= 4 is 11.9 Å². The van der Waals surface area contributed by atoms with Crippen molar-refractivity contribution in [1.29, 1.82) is 0 Å². The van der Waals surface area contributed by atoms with E-state index in [1.54, 1.807) is 18.2 Å². The number of carbonyl (C=O) groups excluding carboxylic acids is 1. The van der Waals surface area contributed by atoms with Crippen molar-refractivity contribution < 1.29 is 14.3 Å². The molecule has 0 N–H and O–H groups in total. The minimum atomic E-state index is -0.395. The van der Waals surface area contributed by atoms with Crippen LogP contribution in [0.5, 0.6) is 5.75 Å². The van der Waals surface area contributed by atoms with Gasteiger partial charge in [-0.25, -0.2) is 19.9 Å². The van der Waals surface area contributed by atoms with Gasteiger partial charge < -0.3 is 19.3 Å². The number of anilines is 1. The summed E-state index contributed by atoms with van der Waals surface area (Å²) in [4.78, 5) is 34.7. The molecule has 4 rings (SSSR count). The van der Waals surface area contributed by atoms with Crippen molar-refractivity contribution in [3.05, 3.63) is 59.4 Å². The lowest BCUT2D eigenvalue weighted by Gasteiger charge is -2.33. The molecule has 0 saturated carbocycles. The highest BCUT2D eigenvalue weighted by Gasteiger charge is 2.30. The van der Waals surface area contributed by atoms with E-state index in [1.807, 2.05) is 63.3 Å². The van der Waals surface area contributed by atoms with Crippen LogP contribution < -0.4 is 9.64 Å². The van der Waals surface area contributed by atoms with Crippen molar-refractivity contribution in [2.24, 2.45) is 0 Å². The van der Waals surface area contributed by atoms with Crippen molar-refractivity contribution in [2.75, 3.05) is 45.8 Å². The molecule has 1 aromatic carbocycles. The molecule has 0 radical (unpaired) electrons. The normalized spacial score (nSPS) is 15.9. The van der Waals surface area contributed by atoms with Crippen LogP contribution in [0.1, 0.15) is 33.7 Å². The molecule has 1 atom stereocenters. The van der Waals surface area contributed by atoms with E-state index in [0.29, 0.717) is 42.7 Å². The fraction of sp³-hybridized carbons (Fsp3) is 0.375. The number of ether oxygens (including phenoxy) is 2. The van der Waals surface area contributed by atoms with Crippen LogP contribution in [-0.2, 0) is 4.74 Å². The van der Waals surface area contributed by atoms with Gasteiger partial charge in [0.1, 0.15) is 17.7 Å². The van der Waals surface area contributed by atoms with Crippen molar-refractivity contribution in [2.45, 2.75) is 20.0 Å². The number of morpholine rings is 1. The van der Waals surface area contributed by atoms with Crippen LogP contribution in [0, 0.1) is 13.8 Å². The standard InChI is InChI=1S/C24H28N6O3/c1-15-19(12-25-16(2)27-15)23(31)30-10-11-33-21(14-30)22-20(13-26-24(28-22)29(3)4)17-6-8-18(32-5)9-7-17/h6-9,12-13,21H,10-11,14H2,1-5H3/t21-/m0/s1. The van der Waals surface area contributed by atoms with Gasteiger partial charge in [0.25, 0.3) is 5.91 Å². The summed E-state index contributed by atoms with van der Waals surface area (Å²) in [6.45, 7) is 4.91. The molecule has 3 heterocycles. The van der Waals surface area contributed by atoms with Gasteiger partial charge in [0, 0.05) is 38.6 Å². The molecule has 0 bridgehead atoms. The molecular weight excluding hydrogens is 420 g/mol. The molecule has 1 saturated heterocycles. The van der Waals surface area contributed by atoms with Gasteiger partial charge in [-0.15, -0.1) is 0 Å². The maximum Gasteiger partial charge on any atom is 0.257 e. The average molecular weight is 449 g/mol. The summed E-state index contributed by atoms with van der Waals surface area (Å²) in [5, 5.41) is 0. The number of amides is 1. The first kappa shape index (κ1) is 22.6. The van der Waals surface area contributed by atoms with Crippen molar-refractivity contribution in [3.63, 3.8) is 0 Å². The number of benzene rings is 1. The predicted octanol–water partition coefficient (Wildman–Crippen LogP) is 2.84. The van der Waals surface area contributed by atoms with Crippen LogP contribution in [0.3, 0.4) is 0 Å². The number of rotatable bonds is 5. The van der Waals surface area contributed by atoms with E-state index in [-0.39, 0.29) is 5.91 Å². The molecule has 1 fully saturated rings. The Kier molecular flexibility index (Phi) is 6.50. The smallest absolute Gasteiger partial charge is 0.257 e. The Morgan fingerprint density at radius 3 is 2.55 bits per heavy atom.